The maximum Gasteiger partial charge on any atom is 0.248 e. The molecule has 0 spiro atoms. The van der Waals surface area contributed by atoms with E-state index in [1.165, 1.54) is 10.5 Å². The molecule has 3 fully saturated rings. The predicted molar refractivity (Wildman–Crippen MR) is 165 cm³/mol. The molecule has 6 nitrogen and oxygen atoms in total. The molecule has 0 unspecified atom stereocenters. The summed E-state index contributed by atoms with van der Waals surface area (Å²) in [6, 6.07) is 24.0. The first-order valence-corrected chi connectivity index (χ1v) is 15.5. The highest BCUT2D eigenvalue weighted by Crippen LogP contribution is 2.65. The summed E-state index contributed by atoms with van der Waals surface area (Å²) in [6.07, 6.45) is 6.74. The SMILES string of the molecule is CCC(C)(C)c1ccc(Oc2ccc(NC(=O)[C@@H](Cc3ccccc3)N3C(=O)[C@H]4[C@@H]5C=C[C@H]([C@H]6C[C@H]56)[C@@H]4C3=O)cc2)cc1. The molecule has 8 rings (SSSR count). The van der Waals surface area contributed by atoms with E-state index in [4.69, 9.17) is 4.74 Å². The molecule has 1 saturated heterocycles. The first-order valence-electron chi connectivity index (χ1n) is 15.5. The summed E-state index contributed by atoms with van der Waals surface area (Å²) in [5.74, 6) is 1.23. The van der Waals surface area contributed by atoms with Crippen LogP contribution in [0.4, 0.5) is 5.69 Å². The second-order valence-electron chi connectivity index (χ2n) is 13.3. The number of amides is 3. The van der Waals surface area contributed by atoms with Crippen molar-refractivity contribution in [3.63, 3.8) is 0 Å². The van der Waals surface area contributed by atoms with Gasteiger partial charge in [0.1, 0.15) is 17.5 Å². The predicted octanol–water partition coefficient (Wildman–Crippen LogP) is 6.77. The van der Waals surface area contributed by atoms with Crippen LogP contribution in [0.3, 0.4) is 0 Å². The van der Waals surface area contributed by atoms with Gasteiger partial charge in [0.05, 0.1) is 11.8 Å². The lowest BCUT2D eigenvalue weighted by Gasteiger charge is -2.37. The Hall–Kier alpha value is -4.19. The number of nitrogens with zero attached hydrogens (tertiary/aromatic N) is 1. The Bertz CT molecular complexity index is 1540. The van der Waals surface area contributed by atoms with Crippen LogP contribution < -0.4 is 10.1 Å². The lowest BCUT2D eigenvalue weighted by Crippen LogP contribution is -2.49. The van der Waals surface area contributed by atoms with Crippen LogP contribution in [0.2, 0.25) is 0 Å². The third-order valence-corrected chi connectivity index (χ3v) is 10.5. The van der Waals surface area contributed by atoms with Crippen LogP contribution in [-0.4, -0.2) is 28.7 Å². The van der Waals surface area contributed by atoms with Crippen LogP contribution in [0, 0.1) is 35.5 Å². The van der Waals surface area contributed by atoms with E-state index in [1.54, 1.807) is 12.1 Å². The van der Waals surface area contributed by atoms with Gasteiger partial charge in [-0.1, -0.05) is 75.4 Å². The topological polar surface area (TPSA) is 75.7 Å². The second-order valence-corrected chi connectivity index (χ2v) is 13.3. The Kier molecular flexibility index (Phi) is 6.76. The molecular weight excluding hydrogens is 536 g/mol. The molecule has 3 aromatic carbocycles. The Morgan fingerprint density at radius 2 is 1.42 bits per heavy atom. The van der Waals surface area contributed by atoms with Crippen LogP contribution in [0.25, 0.3) is 0 Å². The number of carbonyl (C=O) groups is 3. The molecule has 3 amide bonds. The third-order valence-electron chi connectivity index (χ3n) is 10.5. The molecule has 4 aliphatic carbocycles. The smallest absolute Gasteiger partial charge is 0.248 e. The van der Waals surface area contributed by atoms with E-state index in [0.717, 1.165) is 24.2 Å². The highest BCUT2D eigenvalue weighted by atomic mass is 16.5. The van der Waals surface area contributed by atoms with Crippen molar-refractivity contribution in [1.29, 1.82) is 0 Å². The molecule has 0 radical (unpaired) electrons. The van der Waals surface area contributed by atoms with E-state index in [1.807, 2.05) is 54.6 Å². The van der Waals surface area contributed by atoms with E-state index in [0.29, 0.717) is 23.3 Å². The van der Waals surface area contributed by atoms with Crippen LogP contribution in [0.5, 0.6) is 11.5 Å². The number of hydrogen-bond acceptors (Lipinski definition) is 4. The fourth-order valence-corrected chi connectivity index (χ4v) is 7.57. The van der Waals surface area contributed by atoms with Crippen molar-refractivity contribution in [3.8, 4) is 11.5 Å². The maximum atomic E-state index is 13.9. The van der Waals surface area contributed by atoms with Crippen molar-refractivity contribution in [1.82, 2.24) is 4.90 Å². The molecule has 3 aromatic rings. The minimum absolute atomic E-state index is 0.107. The molecule has 0 aromatic heterocycles. The van der Waals surface area contributed by atoms with Gasteiger partial charge in [0.15, 0.2) is 0 Å². The van der Waals surface area contributed by atoms with Gasteiger partial charge in [0.2, 0.25) is 17.7 Å². The third kappa shape index (κ3) is 4.87. The van der Waals surface area contributed by atoms with E-state index < -0.39 is 6.04 Å². The van der Waals surface area contributed by atoms with Crippen molar-refractivity contribution in [3.05, 3.63) is 102 Å². The van der Waals surface area contributed by atoms with E-state index in [2.05, 4.69) is 50.4 Å². The van der Waals surface area contributed by atoms with Crippen LogP contribution in [-0.2, 0) is 26.2 Å². The standard InChI is InChI=1S/C37H38N2O4/c1-4-37(2,3)23-10-14-25(15-11-23)43-26-16-12-24(13-17-26)38-34(40)31(20-22-8-6-5-7-9-22)39-35(41)32-27-18-19-28(30-21-29(27)30)33(32)36(39)42/h5-19,27-33H,4,20-21H2,1-3H3,(H,38,40)/t27-,28-,29-,30-,31-,32+,33+/m1/s1. The average Bonchev–Trinajstić information content (AvgIpc) is 3.81. The quantitative estimate of drug-likeness (QED) is 0.226. The van der Waals surface area contributed by atoms with Crippen molar-refractivity contribution in [2.24, 2.45) is 35.5 Å². The van der Waals surface area contributed by atoms with E-state index in [-0.39, 0.29) is 53.2 Å². The number of ether oxygens (including phenoxy) is 1. The first kappa shape index (κ1) is 27.6. The molecule has 1 N–H and O–H groups in total. The van der Waals surface area contributed by atoms with Gasteiger partial charge in [0.25, 0.3) is 0 Å². The number of benzene rings is 3. The molecule has 1 heterocycles. The number of likely N-dealkylation sites (tertiary alicyclic amines) is 1. The van der Waals surface area contributed by atoms with Gasteiger partial charge in [-0.15, -0.1) is 0 Å². The van der Waals surface area contributed by atoms with Gasteiger partial charge in [-0.3, -0.25) is 19.3 Å². The number of nitrogens with one attached hydrogen (secondary N) is 1. The number of carbonyl (C=O) groups excluding carboxylic acids is 3. The molecular formula is C37H38N2O4. The molecule has 5 aliphatic rings. The summed E-state index contributed by atoms with van der Waals surface area (Å²) >= 11 is 0. The van der Waals surface area contributed by atoms with Gasteiger partial charge in [-0.2, -0.15) is 0 Å². The summed E-state index contributed by atoms with van der Waals surface area (Å²) in [5.41, 5.74) is 2.85. The average molecular weight is 575 g/mol. The Balaban J connectivity index is 1.08. The number of imide groups is 1. The number of anilines is 1. The Morgan fingerprint density at radius 3 is 1.98 bits per heavy atom. The van der Waals surface area contributed by atoms with E-state index >= 15 is 0 Å². The Labute approximate surface area is 253 Å². The molecule has 43 heavy (non-hydrogen) atoms. The lowest BCUT2D eigenvalue weighted by atomic mass is 9.63. The number of allylic oxidation sites excluding steroid dienone is 2. The first-order chi connectivity index (χ1) is 20.7. The van der Waals surface area contributed by atoms with Gasteiger partial charge >= 0.3 is 0 Å². The summed E-state index contributed by atoms with van der Waals surface area (Å²) in [4.78, 5) is 42.9. The highest BCUT2D eigenvalue weighted by molar-refractivity contribution is 6.10. The molecule has 2 saturated carbocycles. The fourth-order valence-electron chi connectivity index (χ4n) is 7.57. The molecule has 6 heteroatoms. The van der Waals surface area contributed by atoms with Gasteiger partial charge in [-0.25, -0.2) is 0 Å². The van der Waals surface area contributed by atoms with Gasteiger partial charge < -0.3 is 10.1 Å². The fraction of sp³-hybridized carbons (Fsp3) is 0.378. The second kappa shape index (κ2) is 10.5. The summed E-state index contributed by atoms with van der Waals surface area (Å²) in [7, 11) is 0. The van der Waals surface area contributed by atoms with Gasteiger partial charge in [-0.05, 0) is 89.5 Å². The molecule has 1 aliphatic heterocycles. The van der Waals surface area contributed by atoms with Gasteiger partial charge in [0, 0.05) is 12.1 Å². The number of rotatable bonds is 9. The van der Waals surface area contributed by atoms with Crippen molar-refractivity contribution < 1.29 is 19.1 Å². The largest absolute Gasteiger partial charge is 0.457 e. The maximum absolute atomic E-state index is 13.9. The van der Waals surface area contributed by atoms with Crippen molar-refractivity contribution in [2.45, 2.75) is 51.5 Å². The molecule has 7 atom stereocenters. The highest BCUT2D eigenvalue weighted by Gasteiger charge is 2.67. The Morgan fingerprint density at radius 1 is 0.860 bits per heavy atom. The summed E-state index contributed by atoms with van der Waals surface area (Å²) in [5, 5.41) is 2.98. The van der Waals surface area contributed by atoms with Crippen LogP contribution in [0.1, 0.15) is 44.7 Å². The van der Waals surface area contributed by atoms with Crippen LogP contribution >= 0.6 is 0 Å². The summed E-state index contributed by atoms with van der Waals surface area (Å²) < 4.78 is 6.05. The summed E-state index contributed by atoms with van der Waals surface area (Å²) in [6.45, 7) is 6.64. The van der Waals surface area contributed by atoms with Crippen LogP contribution in [0.15, 0.2) is 91.0 Å². The van der Waals surface area contributed by atoms with Crippen molar-refractivity contribution >= 4 is 23.4 Å². The zero-order valence-corrected chi connectivity index (χ0v) is 24.9. The molecule has 220 valence electrons. The lowest BCUT2D eigenvalue weighted by molar-refractivity contribution is -0.146. The normalized spacial score (nSPS) is 27.5. The van der Waals surface area contributed by atoms with Crippen molar-refractivity contribution in [2.75, 3.05) is 5.32 Å². The number of hydrogen-bond donors (Lipinski definition) is 1. The monoisotopic (exact) mass is 574 g/mol. The van der Waals surface area contributed by atoms with E-state index in [9.17, 15) is 14.4 Å². The zero-order valence-electron chi connectivity index (χ0n) is 24.9. The zero-order chi connectivity index (χ0) is 29.9. The minimum atomic E-state index is -0.925. The minimum Gasteiger partial charge on any atom is -0.457 e. The molecule has 2 bridgehead atoms.